The molecule has 18 heavy (non-hydrogen) atoms. The second-order valence-electron chi connectivity index (χ2n) is 3.76. The Morgan fingerprint density at radius 1 is 1.22 bits per heavy atom. The van der Waals surface area contributed by atoms with Crippen LogP contribution >= 0.6 is 0 Å². The van der Waals surface area contributed by atoms with Gasteiger partial charge in [-0.1, -0.05) is 0 Å². The summed E-state index contributed by atoms with van der Waals surface area (Å²) >= 11 is 0. The van der Waals surface area contributed by atoms with Crippen LogP contribution in [0, 0.1) is 0 Å². The molecule has 0 radical (unpaired) electrons. The first-order valence-corrected chi connectivity index (χ1v) is 6.91. The van der Waals surface area contributed by atoms with E-state index in [0.29, 0.717) is 5.69 Å². The maximum atomic E-state index is 11.3. The van der Waals surface area contributed by atoms with Crippen LogP contribution in [0.25, 0.3) is 0 Å². The number of sulfone groups is 1. The number of rotatable bonds is 4. The van der Waals surface area contributed by atoms with E-state index in [4.69, 9.17) is 5.11 Å². The first kappa shape index (κ1) is 14.2. The molecular weight excluding hydrogens is 258 g/mol. The van der Waals surface area contributed by atoms with Gasteiger partial charge in [-0.05, 0) is 24.3 Å². The van der Waals surface area contributed by atoms with Crippen molar-refractivity contribution in [3.05, 3.63) is 24.3 Å². The van der Waals surface area contributed by atoms with Crippen molar-refractivity contribution in [3.63, 3.8) is 0 Å². The number of hydrogen-bond acceptors (Lipinski definition) is 4. The molecule has 1 amide bonds. The summed E-state index contributed by atoms with van der Waals surface area (Å²) < 4.78 is 22.5. The van der Waals surface area contributed by atoms with Gasteiger partial charge in [-0.3, -0.25) is 9.59 Å². The molecule has 1 rings (SSSR count). The van der Waals surface area contributed by atoms with E-state index in [-0.39, 0.29) is 4.90 Å². The monoisotopic (exact) mass is 271 g/mol. The van der Waals surface area contributed by atoms with Gasteiger partial charge < -0.3 is 10.0 Å². The average molecular weight is 271 g/mol. The fourth-order valence-corrected chi connectivity index (χ4v) is 2.02. The first-order chi connectivity index (χ1) is 8.21. The molecule has 0 aliphatic heterocycles. The van der Waals surface area contributed by atoms with Crippen molar-refractivity contribution in [1.82, 2.24) is 0 Å². The third kappa shape index (κ3) is 3.56. The lowest BCUT2D eigenvalue weighted by atomic mass is 10.3. The molecule has 0 aromatic heterocycles. The maximum Gasteiger partial charge on any atom is 0.323 e. The number of benzene rings is 1. The lowest BCUT2D eigenvalue weighted by Gasteiger charge is -2.18. The number of carboxylic acid groups (broad SMARTS) is 1. The number of carbonyl (C=O) groups is 2. The molecule has 0 saturated heterocycles. The Kier molecular flexibility index (Phi) is 4.07. The van der Waals surface area contributed by atoms with Crippen LogP contribution in [0.1, 0.15) is 6.92 Å². The molecule has 1 aromatic carbocycles. The Morgan fingerprint density at radius 3 is 2.06 bits per heavy atom. The normalized spacial score (nSPS) is 11.0. The van der Waals surface area contributed by atoms with E-state index in [1.807, 2.05) is 0 Å². The van der Waals surface area contributed by atoms with E-state index in [9.17, 15) is 18.0 Å². The highest BCUT2D eigenvalue weighted by atomic mass is 32.2. The molecule has 1 aromatic rings. The molecule has 0 fully saturated rings. The predicted molar refractivity (Wildman–Crippen MR) is 65.2 cm³/mol. The number of anilines is 1. The molecule has 0 unspecified atom stereocenters. The summed E-state index contributed by atoms with van der Waals surface area (Å²) in [6.45, 7) is 0.779. The van der Waals surface area contributed by atoms with Crippen LogP contribution in [0.4, 0.5) is 5.69 Å². The van der Waals surface area contributed by atoms with Gasteiger partial charge in [0.25, 0.3) is 0 Å². The molecule has 1 N–H and O–H groups in total. The third-order valence-electron chi connectivity index (χ3n) is 2.25. The summed E-state index contributed by atoms with van der Waals surface area (Å²) in [5.41, 5.74) is 0.345. The van der Waals surface area contributed by atoms with Crippen LogP contribution in [0.3, 0.4) is 0 Å². The number of carbonyl (C=O) groups excluding carboxylic acids is 1. The van der Waals surface area contributed by atoms with Crippen LogP contribution in [0.15, 0.2) is 29.2 Å². The molecule has 0 bridgehead atoms. The number of hydrogen-bond donors (Lipinski definition) is 1. The molecule has 0 aliphatic carbocycles. The number of amides is 1. The summed E-state index contributed by atoms with van der Waals surface area (Å²) in [6, 6.07) is 5.48. The van der Waals surface area contributed by atoms with Gasteiger partial charge >= 0.3 is 5.97 Å². The molecule has 0 aliphatic rings. The Balaban J connectivity index is 3.09. The van der Waals surface area contributed by atoms with Gasteiger partial charge in [-0.2, -0.15) is 0 Å². The van der Waals surface area contributed by atoms with E-state index in [0.717, 1.165) is 11.2 Å². The van der Waals surface area contributed by atoms with Gasteiger partial charge in [0, 0.05) is 18.9 Å². The van der Waals surface area contributed by atoms with Gasteiger partial charge in [0.05, 0.1) is 4.90 Å². The number of nitrogens with zero attached hydrogens (tertiary/aromatic N) is 1. The highest BCUT2D eigenvalue weighted by molar-refractivity contribution is 7.90. The van der Waals surface area contributed by atoms with Gasteiger partial charge in [0.2, 0.25) is 5.91 Å². The molecular formula is C11H13NO5S. The summed E-state index contributed by atoms with van der Waals surface area (Å²) in [6.07, 6.45) is 1.07. The van der Waals surface area contributed by atoms with Crippen molar-refractivity contribution in [2.45, 2.75) is 11.8 Å². The number of aliphatic carboxylic acids is 1. The van der Waals surface area contributed by atoms with Crippen molar-refractivity contribution in [3.8, 4) is 0 Å². The first-order valence-electron chi connectivity index (χ1n) is 5.02. The van der Waals surface area contributed by atoms with Crippen molar-refractivity contribution in [2.75, 3.05) is 17.7 Å². The zero-order chi connectivity index (χ0) is 13.9. The lowest BCUT2D eigenvalue weighted by Crippen LogP contribution is -2.33. The summed E-state index contributed by atoms with van der Waals surface area (Å²) in [4.78, 5) is 23.1. The minimum absolute atomic E-state index is 0.116. The summed E-state index contributed by atoms with van der Waals surface area (Å²) in [5.74, 6) is -1.57. The van der Waals surface area contributed by atoms with Crippen molar-refractivity contribution in [2.24, 2.45) is 0 Å². The highest BCUT2D eigenvalue weighted by Crippen LogP contribution is 2.18. The lowest BCUT2D eigenvalue weighted by molar-refractivity contribution is -0.136. The third-order valence-corrected chi connectivity index (χ3v) is 3.38. The molecule has 0 atom stereocenters. The molecule has 7 heteroatoms. The van der Waals surface area contributed by atoms with Crippen molar-refractivity contribution >= 4 is 27.4 Å². The maximum absolute atomic E-state index is 11.3. The zero-order valence-electron chi connectivity index (χ0n) is 9.95. The van der Waals surface area contributed by atoms with Gasteiger partial charge in [-0.25, -0.2) is 8.42 Å². The zero-order valence-corrected chi connectivity index (χ0v) is 10.8. The molecule has 6 nitrogen and oxygen atoms in total. The summed E-state index contributed by atoms with van der Waals surface area (Å²) in [7, 11) is -3.31. The Bertz CT molecular complexity index is 562. The minimum atomic E-state index is -3.31. The van der Waals surface area contributed by atoms with E-state index in [2.05, 4.69) is 0 Å². The van der Waals surface area contributed by atoms with Crippen LogP contribution in [-0.2, 0) is 19.4 Å². The fraction of sp³-hybridized carbons (Fsp3) is 0.273. The standard InChI is InChI=1S/C11H13NO5S/c1-8(13)12(7-11(14)15)9-3-5-10(6-4-9)18(2,16)17/h3-6H,7H2,1-2H3,(H,14,15). The van der Waals surface area contributed by atoms with Gasteiger partial charge in [0.1, 0.15) is 6.54 Å². The largest absolute Gasteiger partial charge is 0.480 e. The Hall–Kier alpha value is -1.89. The topological polar surface area (TPSA) is 91.8 Å². The van der Waals surface area contributed by atoms with Crippen LogP contribution in [-0.4, -0.2) is 38.2 Å². The van der Waals surface area contributed by atoms with Gasteiger partial charge in [0.15, 0.2) is 9.84 Å². The molecule has 98 valence electrons. The van der Waals surface area contributed by atoms with Crippen LogP contribution < -0.4 is 4.90 Å². The van der Waals surface area contributed by atoms with Crippen LogP contribution in [0.2, 0.25) is 0 Å². The molecule has 0 heterocycles. The van der Waals surface area contributed by atoms with Crippen molar-refractivity contribution in [1.29, 1.82) is 0 Å². The minimum Gasteiger partial charge on any atom is -0.480 e. The Labute approximate surface area is 105 Å². The van der Waals surface area contributed by atoms with E-state index in [1.165, 1.54) is 31.2 Å². The van der Waals surface area contributed by atoms with E-state index < -0.39 is 28.3 Å². The second-order valence-corrected chi connectivity index (χ2v) is 5.78. The molecule has 0 saturated carbocycles. The summed E-state index contributed by atoms with van der Waals surface area (Å²) in [5, 5.41) is 8.69. The number of carboxylic acids is 1. The quantitative estimate of drug-likeness (QED) is 0.862. The predicted octanol–water partition coefficient (Wildman–Crippen LogP) is 0.528. The van der Waals surface area contributed by atoms with Crippen molar-refractivity contribution < 1.29 is 23.1 Å². The SMILES string of the molecule is CC(=O)N(CC(=O)O)c1ccc(S(C)(=O)=O)cc1. The van der Waals surface area contributed by atoms with Crippen LogP contribution in [0.5, 0.6) is 0 Å². The second kappa shape index (κ2) is 5.18. The fourth-order valence-electron chi connectivity index (χ4n) is 1.39. The smallest absolute Gasteiger partial charge is 0.323 e. The Morgan fingerprint density at radius 2 is 1.72 bits per heavy atom. The van der Waals surface area contributed by atoms with E-state index >= 15 is 0 Å². The highest BCUT2D eigenvalue weighted by Gasteiger charge is 2.15. The average Bonchev–Trinajstić information content (AvgIpc) is 2.24. The van der Waals surface area contributed by atoms with Gasteiger partial charge in [-0.15, -0.1) is 0 Å². The van der Waals surface area contributed by atoms with E-state index in [1.54, 1.807) is 0 Å². The molecule has 0 spiro atoms.